The Labute approximate surface area is 296 Å². The predicted molar refractivity (Wildman–Crippen MR) is 210 cm³/mol. The molecule has 8 aromatic carbocycles. The highest BCUT2D eigenvalue weighted by Gasteiger charge is 2.30. The van der Waals surface area contributed by atoms with Crippen LogP contribution in [-0.2, 0) is 0 Å². The molecule has 3 heteroatoms. The standard InChI is InChI=1S/C48H31N3/c1-5-15-32(16-6-1)42-31-41(44(35-17-7-2-8-18-35)46-40-26-14-22-34-21-13-25-39(43(34)40)45(42)46)33-27-29-37(30-28-33)48-50-49-47(36-19-9-3-10-20-36)51(48)38-23-11-4-12-24-38/h1-31H. The largest absolute Gasteiger partial charge is 0.275 e. The molecular formula is C48H31N3. The van der Waals surface area contributed by atoms with Gasteiger partial charge in [0, 0.05) is 16.8 Å². The van der Waals surface area contributed by atoms with Gasteiger partial charge in [0.25, 0.3) is 0 Å². The summed E-state index contributed by atoms with van der Waals surface area (Å²) in [6.07, 6.45) is 0. The molecule has 1 aliphatic rings. The summed E-state index contributed by atoms with van der Waals surface area (Å²) < 4.78 is 2.15. The van der Waals surface area contributed by atoms with Gasteiger partial charge in [-0.3, -0.25) is 4.57 Å². The predicted octanol–water partition coefficient (Wildman–Crippen LogP) is 12.4. The number of hydrogen-bond donors (Lipinski definition) is 0. The second-order valence-corrected chi connectivity index (χ2v) is 13.0. The molecule has 0 spiro atoms. The first-order chi connectivity index (χ1) is 25.3. The van der Waals surface area contributed by atoms with Crippen LogP contribution in [0.5, 0.6) is 0 Å². The van der Waals surface area contributed by atoms with Crippen molar-refractivity contribution >= 4 is 10.8 Å². The molecule has 1 aromatic heterocycles. The first kappa shape index (κ1) is 29.1. The van der Waals surface area contributed by atoms with E-state index >= 15 is 0 Å². The molecule has 0 N–H and O–H groups in total. The van der Waals surface area contributed by atoms with Crippen LogP contribution >= 0.6 is 0 Å². The lowest BCUT2D eigenvalue weighted by Gasteiger charge is -2.21. The van der Waals surface area contributed by atoms with E-state index in [0.717, 1.165) is 34.0 Å². The summed E-state index contributed by atoms with van der Waals surface area (Å²) in [5.41, 5.74) is 15.5. The van der Waals surface area contributed by atoms with Crippen LogP contribution in [0.2, 0.25) is 0 Å². The Hall–Kier alpha value is -6.84. The normalized spacial score (nSPS) is 11.5. The molecule has 0 fully saturated rings. The summed E-state index contributed by atoms with van der Waals surface area (Å²) in [6.45, 7) is 0. The van der Waals surface area contributed by atoms with Crippen LogP contribution in [0.4, 0.5) is 0 Å². The minimum absolute atomic E-state index is 0.802. The van der Waals surface area contributed by atoms with Crippen LogP contribution < -0.4 is 0 Å². The first-order valence-electron chi connectivity index (χ1n) is 17.3. The topological polar surface area (TPSA) is 30.7 Å². The van der Waals surface area contributed by atoms with E-state index in [2.05, 4.69) is 168 Å². The fourth-order valence-electron chi connectivity index (χ4n) is 7.83. The lowest BCUT2D eigenvalue weighted by atomic mass is 9.82. The van der Waals surface area contributed by atoms with E-state index in [0.29, 0.717) is 0 Å². The van der Waals surface area contributed by atoms with Gasteiger partial charge in [-0.15, -0.1) is 10.2 Å². The van der Waals surface area contributed by atoms with E-state index in [1.54, 1.807) is 0 Å². The second-order valence-electron chi connectivity index (χ2n) is 13.0. The quantitative estimate of drug-likeness (QED) is 0.179. The molecule has 0 bridgehead atoms. The Kier molecular flexibility index (Phi) is 6.81. The summed E-state index contributed by atoms with van der Waals surface area (Å²) in [4.78, 5) is 0. The molecule has 0 amide bonds. The fourth-order valence-corrected chi connectivity index (χ4v) is 7.83. The van der Waals surface area contributed by atoms with E-state index in [9.17, 15) is 0 Å². The molecule has 10 rings (SSSR count). The van der Waals surface area contributed by atoms with Crippen LogP contribution in [0.25, 0.3) is 94.9 Å². The van der Waals surface area contributed by atoms with Crippen LogP contribution in [-0.4, -0.2) is 14.8 Å². The molecule has 1 heterocycles. The molecular weight excluding hydrogens is 619 g/mol. The van der Waals surface area contributed by atoms with Crippen molar-refractivity contribution in [1.29, 1.82) is 0 Å². The van der Waals surface area contributed by atoms with Gasteiger partial charge in [0.05, 0.1) is 0 Å². The maximum Gasteiger partial charge on any atom is 0.168 e. The van der Waals surface area contributed by atoms with Gasteiger partial charge in [-0.05, 0) is 84.6 Å². The number of para-hydroxylation sites is 1. The Morgan fingerprint density at radius 3 is 1.37 bits per heavy atom. The summed E-state index contributed by atoms with van der Waals surface area (Å²) in [5.74, 6) is 1.61. The number of rotatable bonds is 6. The fraction of sp³-hybridized carbons (Fsp3) is 0. The smallest absolute Gasteiger partial charge is 0.168 e. The zero-order valence-electron chi connectivity index (χ0n) is 27.7. The molecule has 9 aromatic rings. The third-order valence-electron chi connectivity index (χ3n) is 10.1. The summed E-state index contributed by atoms with van der Waals surface area (Å²) >= 11 is 0. The minimum Gasteiger partial charge on any atom is -0.275 e. The van der Waals surface area contributed by atoms with Crippen LogP contribution in [0.15, 0.2) is 188 Å². The maximum absolute atomic E-state index is 4.77. The highest BCUT2D eigenvalue weighted by atomic mass is 15.3. The second kappa shape index (κ2) is 11.9. The Balaban J connectivity index is 1.21. The lowest BCUT2D eigenvalue weighted by Crippen LogP contribution is -2.00. The van der Waals surface area contributed by atoms with Crippen LogP contribution in [0.3, 0.4) is 0 Å². The van der Waals surface area contributed by atoms with E-state index < -0.39 is 0 Å². The van der Waals surface area contributed by atoms with Gasteiger partial charge in [-0.25, -0.2) is 0 Å². The number of nitrogens with zero attached hydrogens (tertiary/aromatic N) is 3. The Bertz CT molecular complexity index is 2690. The molecule has 3 nitrogen and oxygen atoms in total. The summed E-state index contributed by atoms with van der Waals surface area (Å²) in [6, 6.07) is 67.0. The van der Waals surface area contributed by atoms with Crippen molar-refractivity contribution in [3.8, 4) is 84.1 Å². The van der Waals surface area contributed by atoms with Crippen LogP contribution in [0, 0.1) is 0 Å². The van der Waals surface area contributed by atoms with Crippen molar-refractivity contribution in [2.24, 2.45) is 0 Å². The monoisotopic (exact) mass is 649 g/mol. The molecule has 0 saturated carbocycles. The highest BCUT2D eigenvalue weighted by Crippen LogP contribution is 2.57. The molecule has 0 atom stereocenters. The van der Waals surface area contributed by atoms with Gasteiger partial charge >= 0.3 is 0 Å². The van der Waals surface area contributed by atoms with Crippen molar-refractivity contribution in [3.63, 3.8) is 0 Å². The van der Waals surface area contributed by atoms with Crippen molar-refractivity contribution in [1.82, 2.24) is 14.8 Å². The molecule has 1 aliphatic carbocycles. The van der Waals surface area contributed by atoms with E-state index in [1.807, 2.05) is 24.3 Å². The molecule has 0 unspecified atom stereocenters. The number of aromatic nitrogens is 3. The summed E-state index contributed by atoms with van der Waals surface area (Å²) in [7, 11) is 0. The van der Waals surface area contributed by atoms with Crippen LogP contribution in [0.1, 0.15) is 0 Å². The van der Waals surface area contributed by atoms with Gasteiger partial charge < -0.3 is 0 Å². The van der Waals surface area contributed by atoms with E-state index in [4.69, 9.17) is 10.2 Å². The summed E-state index contributed by atoms with van der Waals surface area (Å²) in [5, 5.41) is 12.1. The lowest BCUT2D eigenvalue weighted by molar-refractivity contribution is 1.07. The Morgan fingerprint density at radius 2 is 0.765 bits per heavy atom. The zero-order valence-corrected chi connectivity index (χ0v) is 27.7. The molecule has 0 aliphatic heterocycles. The SMILES string of the molecule is c1ccc(-c2cc(-c3ccc(-c4nnc(-c5ccccc5)n4-c4ccccc4)cc3)c(-c3ccccc3)c3c2-c2cccc4cccc-3c24)cc1. The first-order valence-corrected chi connectivity index (χ1v) is 17.3. The van der Waals surface area contributed by atoms with Gasteiger partial charge in [-0.1, -0.05) is 170 Å². The molecule has 0 radical (unpaired) electrons. The van der Waals surface area contributed by atoms with E-state index in [1.165, 1.54) is 60.8 Å². The van der Waals surface area contributed by atoms with Gasteiger partial charge in [0.1, 0.15) is 0 Å². The minimum atomic E-state index is 0.802. The molecule has 238 valence electrons. The third-order valence-corrected chi connectivity index (χ3v) is 10.1. The van der Waals surface area contributed by atoms with Gasteiger partial charge in [0.15, 0.2) is 11.6 Å². The Morgan fingerprint density at radius 1 is 0.314 bits per heavy atom. The highest BCUT2D eigenvalue weighted by molar-refractivity contribution is 6.22. The number of fused-ring (bicyclic) bond motifs is 3. The van der Waals surface area contributed by atoms with Gasteiger partial charge in [0.2, 0.25) is 0 Å². The average molecular weight is 650 g/mol. The number of hydrogen-bond acceptors (Lipinski definition) is 2. The molecule has 51 heavy (non-hydrogen) atoms. The van der Waals surface area contributed by atoms with Crippen molar-refractivity contribution < 1.29 is 0 Å². The zero-order chi connectivity index (χ0) is 33.7. The van der Waals surface area contributed by atoms with Crippen molar-refractivity contribution in [2.75, 3.05) is 0 Å². The molecule has 0 saturated heterocycles. The third kappa shape index (κ3) is 4.74. The van der Waals surface area contributed by atoms with E-state index in [-0.39, 0.29) is 0 Å². The average Bonchev–Trinajstić information content (AvgIpc) is 3.81. The maximum atomic E-state index is 4.77. The number of benzene rings is 8. The van der Waals surface area contributed by atoms with Gasteiger partial charge in [-0.2, -0.15) is 0 Å². The van der Waals surface area contributed by atoms with Crippen molar-refractivity contribution in [2.45, 2.75) is 0 Å². The van der Waals surface area contributed by atoms with Crippen molar-refractivity contribution in [3.05, 3.63) is 188 Å².